The monoisotopic (exact) mass is 301 g/mol. The molecule has 1 N–H and O–H groups in total. The van der Waals surface area contributed by atoms with Gasteiger partial charge in [0.15, 0.2) is 0 Å². The van der Waals surface area contributed by atoms with E-state index in [2.05, 4.69) is 15.5 Å². The minimum Gasteiger partial charge on any atom is -0.351 e. The lowest BCUT2D eigenvalue weighted by Crippen LogP contribution is -2.41. The van der Waals surface area contributed by atoms with Gasteiger partial charge in [-0.1, -0.05) is 42.1 Å². The van der Waals surface area contributed by atoms with Crippen LogP contribution in [-0.2, 0) is 4.79 Å². The van der Waals surface area contributed by atoms with E-state index in [-0.39, 0.29) is 11.4 Å². The third-order valence-electron chi connectivity index (χ3n) is 2.58. The molecular formula is C16H19N3OS. The Bertz CT molecular complexity index is 591. The van der Waals surface area contributed by atoms with Crippen molar-refractivity contribution >= 4 is 17.7 Å². The third kappa shape index (κ3) is 5.19. The summed E-state index contributed by atoms with van der Waals surface area (Å²) in [6.07, 6.45) is 0. The molecule has 0 aliphatic carbocycles. The molecule has 0 aliphatic rings. The average molecular weight is 301 g/mol. The van der Waals surface area contributed by atoms with Gasteiger partial charge in [0.1, 0.15) is 5.03 Å². The van der Waals surface area contributed by atoms with E-state index in [1.54, 1.807) is 0 Å². The molecule has 5 heteroatoms. The lowest BCUT2D eigenvalue weighted by molar-refractivity contribution is -0.119. The summed E-state index contributed by atoms with van der Waals surface area (Å²) in [5.74, 6) is 0.345. The number of carbonyl (C=O) groups is 1. The minimum absolute atomic E-state index is 0.00133. The third-order valence-corrected chi connectivity index (χ3v) is 3.50. The van der Waals surface area contributed by atoms with E-state index >= 15 is 0 Å². The van der Waals surface area contributed by atoms with Gasteiger partial charge in [-0.2, -0.15) is 0 Å². The van der Waals surface area contributed by atoms with E-state index in [1.165, 1.54) is 11.8 Å². The van der Waals surface area contributed by atoms with Crippen molar-refractivity contribution in [1.82, 2.24) is 15.5 Å². The molecule has 1 amide bonds. The van der Waals surface area contributed by atoms with Gasteiger partial charge in [0.25, 0.3) is 0 Å². The van der Waals surface area contributed by atoms with Crippen LogP contribution in [0.3, 0.4) is 0 Å². The molecule has 2 rings (SSSR count). The van der Waals surface area contributed by atoms with Gasteiger partial charge in [-0.05, 0) is 32.9 Å². The van der Waals surface area contributed by atoms with Gasteiger partial charge in [0.05, 0.1) is 11.4 Å². The Kier molecular flexibility index (Phi) is 4.96. The molecule has 0 atom stereocenters. The molecule has 0 radical (unpaired) electrons. The van der Waals surface area contributed by atoms with Gasteiger partial charge in [-0.15, -0.1) is 10.2 Å². The van der Waals surface area contributed by atoms with Gasteiger partial charge in [-0.25, -0.2) is 0 Å². The van der Waals surface area contributed by atoms with Crippen molar-refractivity contribution in [2.24, 2.45) is 0 Å². The fourth-order valence-corrected chi connectivity index (χ4v) is 2.37. The summed E-state index contributed by atoms with van der Waals surface area (Å²) < 4.78 is 0. The molecule has 110 valence electrons. The highest BCUT2D eigenvalue weighted by Crippen LogP contribution is 2.19. The smallest absolute Gasteiger partial charge is 0.230 e. The molecule has 0 aliphatic heterocycles. The summed E-state index contributed by atoms with van der Waals surface area (Å²) in [6, 6.07) is 13.7. The standard InChI is InChI=1S/C16H19N3OS/c1-16(2,3)17-14(20)11-21-15-10-9-13(18-19-15)12-7-5-4-6-8-12/h4-10H,11H2,1-3H3,(H,17,20). The number of thioether (sulfide) groups is 1. The topological polar surface area (TPSA) is 54.9 Å². The van der Waals surface area contributed by atoms with E-state index < -0.39 is 0 Å². The van der Waals surface area contributed by atoms with Crippen LogP contribution in [0.5, 0.6) is 0 Å². The van der Waals surface area contributed by atoms with Crippen LogP contribution in [0.25, 0.3) is 11.3 Å². The van der Waals surface area contributed by atoms with Crippen LogP contribution < -0.4 is 5.32 Å². The normalized spacial score (nSPS) is 11.2. The second-order valence-electron chi connectivity index (χ2n) is 5.71. The van der Waals surface area contributed by atoms with Crippen LogP contribution in [0, 0.1) is 0 Å². The van der Waals surface area contributed by atoms with Gasteiger partial charge in [0, 0.05) is 11.1 Å². The summed E-state index contributed by atoms with van der Waals surface area (Å²) in [6.45, 7) is 5.89. The van der Waals surface area contributed by atoms with Gasteiger partial charge < -0.3 is 5.32 Å². The van der Waals surface area contributed by atoms with E-state index in [9.17, 15) is 4.79 Å². The Labute approximate surface area is 129 Å². The fourth-order valence-electron chi connectivity index (χ4n) is 1.75. The maximum absolute atomic E-state index is 11.7. The molecule has 0 fully saturated rings. The van der Waals surface area contributed by atoms with Crippen molar-refractivity contribution in [2.75, 3.05) is 5.75 Å². The number of rotatable bonds is 4. The van der Waals surface area contributed by atoms with Gasteiger partial charge in [0.2, 0.25) is 5.91 Å². The maximum atomic E-state index is 11.7. The molecule has 4 nitrogen and oxygen atoms in total. The summed E-state index contributed by atoms with van der Waals surface area (Å²) in [5.41, 5.74) is 1.66. The molecule has 21 heavy (non-hydrogen) atoms. The Morgan fingerprint density at radius 3 is 2.38 bits per heavy atom. The molecule has 0 bridgehead atoms. The molecule has 2 aromatic rings. The first-order valence-electron chi connectivity index (χ1n) is 6.77. The predicted octanol–water partition coefficient (Wildman–Crippen LogP) is 3.15. The fraction of sp³-hybridized carbons (Fsp3) is 0.312. The van der Waals surface area contributed by atoms with E-state index in [0.29, 0.717) is 5.75 Å². The number of aromatic nitrogens is 2. The largest absolute Gasteiger partial charge is 0.351 e. The Hall–Kier alpha value is -1.88. The molecule has 0 unspecified atom stereocenters. The molecule has 0 spiro atoms. The number of carbonyl (C=O) groups excluding carboxylic acids is 1. The van der Waals surface area contributed by atoms with E-state index in [0.717, 1.165) is 16.3 Å². The lowest BCUT2D eigenvalue weighted by atomic mass is 10.1. The van der Waals surface area contributed by atoms with Crippen molar-refractivity contribution in [3.8, 4) is 11.3 Å². The van der Waals surface area contributed by atoms with Crippen molar-refractivity contribution in [3.63, 3.8) is 0 Å². The quantitative estimate of drug-likeness (QED) is 0.881. The first-order valence-corrected chi connectivity index (χ1v) is 7.75. The second kappa shape index (κ2) is 6.72. The highest BCUT2D eigenvalue weighted by atomic mass is 32.2. The molecule has 1 aromatic heterocycles. The van der Waals surface area contributed by atoms with Gasteiger partial charge >= 0.3 is 0 Å². The van der Waals surface area contributed by atoms with E-state index in [1.807, 2.05) is 63.2 Å². The highest BCUT2D eigenvalue weighted by Gasteiger charge is 2.14. The van der Waals surface area contributed by atoms with Crippen LogP contribution in [0.1, 0.15) is 20.8 Å². The van der Waals surface area contributed by atoms with Crippen LogP contribution >= 0.6 is 11.8 Å². The molecule has 0 saturated carbocycles. The average Bonchev–Trinajstić information content (AvgIpc) is 2.45. The SMILES string of the molecule is CC(C)(C)NC(=O)CSc1ccc(-c2ccccc2)nn1. The Morgan fingerprint density at radius 2 is 1.81 bits per heavy atom. The number of nitrogens with one attached hydrogen (secondary N) is 1. The first kappa shape index (κ1) is 15.5. The molecule has 1 heterocycles. The predicted molar refractivity (Wildman–Crippen MR) is 86.1 cm³/mol. The first-order chi connectivity index (χ1) is 9.94. The summed E-state index contributed by atoms with van der Waals surface area (Å²) in [4.78, 5) is 11.7. The number of hydrogen-bond donors (Lipinski definition) is 1. The van der Waals surface area contributed by atoms with Crippen molar-refractivity contribution in [1.29, 1.82) is 0 Å². The lowest BCUT2D eigenvalue weighted by Gasteiger charge is -2.20. The summed E-state index contributed by atoms with van der Waals surface area (Å²) in [5, 5.41) is 12.0. The highest BCUT2D eigenvalue weighted by molar-refractivity contribution is 7.99. The maximum Gasteiger partial charge on any atom is 0.230 e. The number of amides is 1. The zero-order valence-electron chi connectivity index (χ0n) is 12.5. The van der Waals surface area contributed by atoms with Crippen LogP contribution in [0.15, 0.2) is 47.5 Å². The second-order valence-corrected chi connectivity index (χ2v) is 6.71. The Morgan fingerprint density at radius 1 is 1.10 bits per heavy atom. The van der Waals surface area contributed by atoms with Crippen LogP contribution in [-0.4, -0.2) is 27.4 Å². The number of hydrogen-bond acceptors (Lipinski definition) is 4. The van der Waals surface area contributed by atoms with Crippen molar-refractivity contribution in [3.05, 3.63) is 42.5 Å². The number of benzene rings is 1. The molecule has 1 aromatic carbocycles. The van der Waals surface area contributed by atoms with Crippen LogP contribution in [0.2, 0.25) is 0 Å². The van der Waals surface area contributed by atoms with Crippen LogP contribution in [0.4, 0.5) is 0 Å². The van der Waals surface area contributed by atoms with Crippen molar-refractivity contribution in [2.45, 2.75) is 31.3 Å². The Balaban J connectivity index is 1.93. The molecular weight excluding hydrogens is 282 g/mol. The van der Waals surface area contributed by atoms with Crippen molar-refractivity contribution < 1.29 is 4.79 Å². The minimum atomic E-state index is -0.208. The zero-order valence-corrected chi connectivity index (χ0v) is 13.3. The van der Waals surface area contributed by atoms with E-state index in [4.69, 9.17) is 0 Å². The molecule has 0 saturated heterocycles. The number of nitrogens with zero attached hydrogens (tertiary/aromatic N) is 2. The summed E-state index contributed by atoms with van der Waals surface area (Å²) >= 11 is 1.39. The zero-order chi connectivity index (χ0) is 15.3. The van der Waals surface area contributed by atoms with Gasteiger partial charge in [-0.3, -0.25) is 4.79 Å². The summed E-state index contributed by atoms with van der Waals surface area (Å²) in [7, 11) is 0.